The maximum Gasteiger partial charge on any atom is 0.416 e. The van der Waals surface area contributed by atoms with Crippen LogP contribution in [0.15, 0.2) is 18.2 Å². The van der Waals surface area contributed by atoms with E-state index in [-0.39, 0.29) is 30.2 Å². The van der Waals surface area contributed by atoms with Gasteiger partial charge in [-0.1, -0.05) is 0 Å². The van der Waals surface area contributed by atoms with E-state index in [0.717, 1.165) is 18.2 Å². The van der Waals surface area contributed by atoms with Crippen molar-refractivity contribution >= 4 is 23.3 Å². The maximum atomic E-state index is 12.6. The first-order valence-corrected chi connectivity index (χ1v) is 6.09. The fourth-order valence-electron chi connectivity index (χ4n) is 2.24. The summed E-state index contributed by atoms with van der Waals surface area (Å²) >= 11 is 0. The molecule has 21 heavy (non-hydrogen) atoms. The molecule has 1 unspecified atom stereocenters. The molecule has 114 valence electrons. The number of carbonyl (C=O) groups excluding carboxylic acids is 2. The molecule has 0 aromatic heterocycles. The first-order chi connectivity index (χ1) is 9.74. The van der Waals surface area contributed by atoms with Gasteiger partial charge in [0.25, 0.3) is 0 Å². The van der Waals surface area contributed by atoms with Crippen LogP contribution in [0.4, 0.5) is 24.5 Å². The summed E-state index contributed by atoms with van der Waals surface area (Å²) in [5.41, 5.74) is 4.72. The SMILES string of the molecule is COC(=O)C1CC(=O)N(c2ccc(C(F)(F)F)cc2N)C1. The molecule has 1 heterocycles. The molecule has 2 rings (SSSR count). The van der Waals surface area contributed by atoms with Crippen molar-refractivity contribution < 1.29 is 27.5 Å². The van der Waals surface area contributed by atoms with E-state index in [1.165, 1.54) is 12.0 Å². The molecular weight excluding hydrogens is 289 g/mol. The largest absolute Gasteiger partial charge is 0.469 e. The van der Waals surface area contributed by atoms with Crippen molar-refractivity contribution in [3.63, 3.8) is 0 Å². The molecule has 0 spiro atoms. The smallest absolute Gasteiger partial charge is 0.416 e. The van der Waals surface area contributed by atoms with Crippen molar-refractivity contribution in [1.29, 1.82) is 0 Å². The average Bonchev–Trinajstić information content (AvgIpc) is 2.78. The number of anilines is 2. The minimum atomic E-state index is -4.50. The molecule has 1 fully saturated rings. The molecule has 0 saturated carbocycles. The van der Waals surface area contributed by atoms with Crippen LogP contribution in [-0.2, 0) is 20.5 Å². The van der Waals surface area contributed by atoms with E-state index in [1.807, 2.05) is 0 Å². The normalized spacial score (nSPS) is 19.0. The number of hydrogen-bond acceptors (Lipinski definition) is 4. The molecule has 1 aromatic carbocycles. The molecule has 1 aliphatic heterocycles. The lowest BCUT2D eigenvalue weighted by molar-refractivity contribution is -0.145. The Morgan fingerprint density at radius 1 is 1.43 bits per heavy atom. The predicted octanol–water partition coefficient (Wildman–Crippen LogP) is 1.81. The molecule has 1 saturated heterocycles. The molecule has 1 aromatic rings. The highest BCUT2D eigenvalue weighted by molar-refractivity contribution is 6.01. The van der Waals surface area contributed by atoms with Gasteiger partial charge in [0.05, 0.1) is 30.0 Å². The molecule has 0 aliphatic carbocycles. The maximum absolute atomic E-state index is 12.6. The summed E-state index contributed by atoms with van der Waals surface area (Å²) in [6.07, 6.45) is -4.55. The van der Waals surface area contributed by atoms with Crippen LogP contribution in [0.2, 0.25) is 0 Å². The monoisotopic (exact) mass is 302 g/mol. The summed E-state index contributed by atoms with van der Waals surface area (Å²) < 4.78 is 42.3. The number of benzene rings is 1. The third kappa shape index (κ3) is 2.93. The number of amides is 1. The molecule has 1 aliphatic rings. The number of rotatable bonds is 2. The molecular formula is C13H13F3N2O3. The van der Waals surface area contributed by atoms with E-state index >= 15 is 0 Å². The summed E-state index contributed by atoms with van der Waals surface area (Å²) in [5, 5.41) is 0. The van der Waals surface area contributed by atoms with Crippen molar-refractivity contribution in [3.05, 3.63) is 23.8 Å². The van der Waals surface area contributed by atoms with Gasteiger partial charge in [-0.15, -0.1) is 0 Å². The average molecular weight is 302 g/mol. The van der Waals surface area contributed by atoms with Gasteiger partial charge in [0.15, 0.2) is 0 Å². The second-order valence-electron chi connectivity index (χ2n) is 4.70. The highest BCUT2D eigenvalue weighted by Crippen LogP contribution is 2.36. The highest BCUT2D eigenvalue weighted by Gasteiger charge is 2.37. The van der Waals surface area contributed by atoms with Crippen LogP contribution >= 0.6 is 0 Å². The fraction of sp³-hybridized carbons (Fsp3) is 0.385. The van der Waals surface area contributed by atoms with Crippen LogP contribution in [0.5, 0.6) is 0 Å². The number of carbonyl (C=O) groups is 2. The lowest BCUT2D eigenvalue weighted by Gasteiger charge is -2.19. The highest BCUT2D eigenvalue weighted by atomic mass is 19.4. The zero-order valence-corrected chi connectivity index (χ0v) is 11.1. The van der Waals surface area contributed by atoms with E-state index in [1.54, 1.807) is 0 Å². The van der Waals surface area contributed by atoms with Gasteiger partial charge in [0.2, 0.25) is 5.91 Å². The summed E-state index contributed by atoms with van der Waals surface area (Å²) in [6, 6.07) is 2.76. The van der Waals surface area contributed by atoms with E-state index in [0.29, 0.717) is 0 Å². The number of nitrogens with two attached hydrogens (primary N) is 1. The minimum absolute atomic E-state index is 0.0427. The molecule has 2 N–H and O–H groups in total. The van der Waals surface area contributed by atoms with Gasteiger partial charge >= 0.3 is 12.1 Å². The molecule has 1 amide bonds. The lowest BCUT2D eigenvalue weighted by atomic mass is 10.1. The Morgan fingerprint density at radius 2 is 2.10 bits per heavy atom. The van der Waals surface area contributed by atoms with Gasteiger partial charge in [0, 0.05) is 13.0 Å². The Balaban J connectivity index is 2.27. The van der Waals surface area contributed by atoms with Crippen LogP contribution in [0.1, 0.15) is 12.0 Å². The van der Waals surface area contributed by atoms with Gasteiger partial charge in [-0.3, -0.25) is 9.59 Å². The standard InChI is InChI=1S/C13H13F3N2O3/c1-21-12(20)7-4-11(19)18(6-7)10-3-2-8(5-9(10)17)13(14,15)16/h2-3,5,7H,4,6,17H2,1H3. The van der Waals surface area contributed by atoms with Crippen molar-refractivity contribution in [2.24, 2.45) is 5.92 Å². The predicted molar refractivity (Wildman–Crippen MR) is 68.3 cm³/mol. The lowest BCUT2D eigenvalue weighted by Crippen LogP contribution is -2.27. The summed E-state index contributed by atoms with van der Waals surface area (Å²) in [6.45, 7) is 0.0427. The van der Waals surface area contributed by atoms with Crippen molar-refractivity contribution in [2.75, 3.05) is 24.3 Å². The molecule has 1 atom stereocenters. The van der Waals surface area contributed by atoms with E-state index < -0.39 is 23.6 Å². The Labute approximate surface area is 118 Å². The number of esters is 1. The first kappa shape index (κ1) is 15.1. The van der Waals surface area contributed by atoms with Gasteiger partial charge in [-0.25, -0.2) is 0 Å². The quantitative estimate of drug-likeness (QED) is 0.668. The topological polar surface area (TPSA) is 72.6 Å². The fourth-order valence-corrected chi connectivity index (χ4v) is 2.24. The van der Waals surface area contributed by atoms with Crippen LogP contribution < -0.4 is 10.6 Å². The Morgan fingerprint density at radius 3 is 2.62 bits per heavy atom. The molecule has 0 radical (unpaired) electrons. The Hall–Kier alpha value is -2.25. The van der Waals surface area contributed by atoms with Crippen LogP contribution in [0.25, 0.3) is 0 Å². The number of hydrogen-bond donors (Lipinski definition) is 1. The van der Waals surface area contributed by atoms with Gasteiger partial charge in [-0.2, -0.15) is 13.2 Å². The number of nitrogens with zero attached hydrogens (tertiary/aromatic N) is 1. The second kappa shape index (κ2) is 5.27. The van der Waals surface area contributed by atoms with Gasteiger partial charge in [-0.05, 0) is 18.2 Å². The Bertz CT molecular complexity index is 587. The molecule has 5 nitrogen and oxygen atoms in total. The summed E-state index contributed by atoms with van der Waals surface area (Å²) in [4.78, 5) is 24.5. The van der Waals surface area contributed by atoms with Crippen LogP contribution in [0.3, 0.4) is 0 Å². The summed E-state index contributed by atoms with van der Waals surface area (Å²) in [7, 11) is 1.21. The molecule has 0 bridgehead atoms. The summed E-state index contributed by atoms with van der Waals surface area (Å²) in [5.74, 6) is -1.54. The number of nitrogen functional groups attached to an aromatic ring is 1. The number of halogens is 3. The van der Waals surface area contributed by atoms with Gasteiger partial charge in [0.1, 0.15) is 0 Å². The van der Waals surface area contributed by atoms with Crippen molar-refractivity contribution in [2.45, 2.75) is 12.6 Å². The zero-order valence-electron chi connectivity index (χ0n) is 11.1. The van der Waals surface area contributed by atoms with Gasteiger partial charge < -0.3 is 15.4 Å². The first-order valence-electron chi connectivity index (χ1n) is 6.09. The van der Waals surface area contributed by atoms with Crippen molar-refractivity contribution in [1.82, 2.24) is 0 Å². The van der Waals surface area contributed by atoms with E-state index in [2.05, 4.69) is 4.74 Å². The molecule has 8 heteroatoms. The third-order valence-corrected chi connectivity index (χ3v) is 3.31. The zero-order chi connectivity index (χ0) is 15.8. The van der Waals surface area contributed by atoms with Crippen molar-refractivity contribution in [3.8, 4) is 0 Å². The second-order valence-corrected chi connectivity index (χ2v) is 4.70. The van der Waals surface area contributed by atoms with Crippen LogP contribution in [-0.4, -0.2) is 25.5 Å². The number of ether oxygens (including phenoxy) is 1. The number of methoxy groups -OCH3 is 1. The third-order valence-electron chi connectivity index (χ3n) is 3.31. The number of alkyl halides is 3. The minimum Gasteiger partial charge on any atom is -0.469 e. The van der Waals surface area contributed by atoms with E-state index in [4.69, 9.17) is 5.73 Å². The van der Waals surface area contributed by atoms with E-state index in [9.17, 15) is 22.8 Å². The van der Waals surface area contributed by atoms with Crippen LogP contribution in [0, 0.1) is 5.92 Å². The Kier molecular flexibility index (Phi) is 3.80.